The minimum absolute atomic E-state index is 0.126. The number of aliphatic hydroxyl groups excluding tert-OH is 2. The lowest BCUT2D eigenvalue weighted by molar-refractivity contribution is -0.700. The molecule has 0 saturated carbocycles. The van der Waals surface area contributed by atoms with Crippen LogP contribution >= 0.6 is 21.6 Å². The van der Waals surface area contributed by atoms with Crippen molar-refractivity contribution in [2.75, 3.05) is 55.0 Å². The summed E-state index contributed by atoms with van der Waals surface area (Å²) in [6, 6.07) is 23.2. The van der Waals surface area contributed by atoms with E-state index in [4.69, 9.17) is 5.11 Å². The van der Waals surface area contributed by atoms with Crippen molar-refractivity contribution in [3.63, 3.8) is 0 Å². The monoisotopic (exact) mass is 630 g/mol. The summed E-state index contributed by atoms with van der Waals surface area (Å²) in [5.74, 6) is 2.07. The molecule has 0 fully saturated rings. The quantitative estimate of drug-likeness (QED) is 0.0418. The predicted molar refractivity (Wildman–Crippen MR) is 193 cm³/mol. The van der Waals surface area contributed by atoms with E-state index in [1.54, 1.807) is 0 Å². The van der Waals surface area contributed by atoms with E-state index in [-0.39, 0.29) is 13.2 Å². The molecule has 3 rings (SSSR count). The molecule has 6 nitrogen and oxygen atoms in total. The van der Waals surface area contributed by atoms with Crippen molar-refractivity contribution in [2.24, 2.45) is 0 Å². The van der Waals surface area contributed by atoms with Gasteiger partial charge in [0, 0.05) is 59.8 Å². The largest absolute Gasteiger partial charge is 0.390 e. The lowest BCUT2D eigenvalue weighted by atomic mass is 10.1. The van der Waals surface area contributed by atoms with E-state index < -0.39 is 0 Å². The maximum Gasteiger partial charge on any atom is 0.208 e. The summed E-state index contributed by atoms with van der Waals surface area (Å²) < 4.78 is 2.08. The number of allylic oxidation sites excluding steroid dienone is 6. The first kappa shape index (κ1) is 34.9. The highest BCUT2D eigenvalue weighted by atomic mass is 33.1. The number of hydrogen-bond acceptors (Lipinski definition) is 6. The average Bonchev–Trinajstić information content (AvgIpc) is 3.04. The normalized spacial score (nSPS) is 12.5. The Labute approximate surface area is 270 Å². The molecule has 0 aliphatic carbocycles. The molecule has 44 heavy (non-hydrogen) atoms. The summed E-state index contributed by atoms with van der Waals surface area (Å²) >= 11 is 0. The van der Waals surface area contributed by atoms with E-state index >= 15 is 0 Å². The second-order valence-corrected chi connectivity index (χ2v) is 12.8. The molecule has 232 valence electrons. The Balaban J connectivity index is 1.29. The second kappa shape index (κ2) is 21.2. The lowest BCUT2D eigenvalue weighted by Crippen LogP contribution is -2.69. The Bertz CT molecular complexity index is 1400. The zero-order valence-electron chi connectivity index (χ0n) is 25.8. The van der Waals surface area contributed by atoms with Gasteiger partial charge in [-0.2, -0.15) is 4.57 Å². The molecule has 1 aromatic heterocycles. The molecule has 0 atom stereocenters. The third kappa shape index (κ3) is 13.8. The topological polar surface area (TPSA) is 82.4 Å². The SMILES string of the molecule is CC(/C=C/C=C\C=[NH+]CCO)=C\c1ccc(NCCSSCCNc2ccc(/C=C(\C)c3cccc[n+]3CCO)cc2)cc1. The lowest BCUT2D eigenvalue weighted by Gasteiger charge is -2.08. The van der Waals surface area contributed by atoms with Crippen molar-refractivity contribution >= 4 is 56.9 Å². The third-order valence-corrected chi connectivity index (χ3v) is 8.86. The van der Waals surface area contributed by atoms with E-state index in [9.17, 15) is 5.11 Å². The highest BCUT2D eigenvalue weighted by Gasteiger charge is 2.10. The molecule has 0 spiro atoms. The van der Waals surface area contributed by atoms with Crippen LogP contribution in [0.2, 0.25) is 0 Å². The van der Waals surface area contributed by atoms with E-state index in [0.717, 1.165) is 47.2 Å². The van der Waals surface area contributed by atoms with E-state index in [1.165, 1.54) is 16.7 Å². The van der Waals surface area contributed by atoms with E-state index in [0.29, 0.717) is 13.1 Å². The fourth-order valence-corrected chi connectivity index (χ4v) is 6.11. The minimum Gasteiger partial charge on any atom is -0.390 e. The maximum absolute atomic E-state index is 9.34. The maximum atomic E-state index is 9.34. The zero-order chi connectivity index (χ0) is 31.2. The number of anilines is 2. The molecule has 0 aliphatic rings. The van der Waals surface area contributed by atoms with Gasteiger partial charge in [-0.3, -0.25) is 0 Å². The van der Waals surface area contributed by atoms with Crippen LogP contribution in [0.3, 0.4) is 0 Å². The van der Waals surface area contributed by atoms with Crippen LogP contribution in [0, 0.1) is 0 Å². The molecule has 0 bridgehead atoms. The third-order valence-electron chi connectivity index (χ3n) is 6.45. The van der Waals surface area contributed by atoms with Crippen molar-refractivity contribution in [3.05, 3.63) is 120 Å². The van der Waals surface area contributed by atoms with Gasteiger partial charge in [0.2, 0.25) is 5.69 Å². The van der Waals surface area contributed by atoms with Gasteiger partial charge in [-0.1, -0.05) is 75.7 Å². The van der Waals surface area contributed by atoms with Crippen LogP contribution in [0.15, 0.2) is 103 Å². The number of pyridine rings is 1. The highest BCUT2D eigenvalue weighted by molar-refractivity contribution is 8.76. The Morgan fingerprint density at radius 1 is 0.773 bits per heavy atom. The second-order valence-electron chi connectivity index (χ2n) is 10.0. The van der Waals surface area contributed by atoms with E-state index in [2.05, 4.69) is 107 Å². The van der Waals surface area contributed by atoms with Gasteiger partial charge in [0.15, 0.2) is 25.5 Å². The summed E-state index contributed by atoms with van der Waals surface area (Å²) in [6.45, 7) is 7.46. The number of hydrogen-bond donors (Lipinski definition) is 5. The molecule has 2 aromatic carbocycles. The Hall–Kier alpha value is -3.56. The number of rotatable bonds is 19. The summed E-state index contributed by atoms with van der Waals surface area (Å²) in [7, 11) is 3.79. The van der Waals surface area contributed by atoms with Crippen LogP contribution in [0.25, 0.3) is 17.7 Å². The van der Waals surface area contributed by atoms with Crippen LogP contribution in [-0.2, 0) is 6.54 Å². The number of benzene rings is 2. The number of aromatic nitrogens is 1. The van der Waals surface area contributed by atoms with Gasteiger partial charge in [0.25, 0.3) is 0 Å². The Kier molecular flexibility index (Phi) is 16.8. The van der Waals surface area contributed by atoms with Crippen molar-refractivity contribution in [1.82, 2.24) is 0 Å². The molecule has 0 unspecified atom stereocenters. The van der Waals surface area contributed by atoms with Gasteiger partial charge < -0.3 is 20.8 Å². The number of nitrogens with zero attached hydrogens (tertiary/aromatic N) is 1. The molecule has 5 N–H and O–H groups in total. The van der Waals surface area contributed by atoms with Crippen molar-refractivity contribution < 1.29 is 19.8 Å². The van der Waals surface area contributed by atoms with Crippen LogP contribution in [0.1, 0.15) is 30.7 Å². The summed E-state index contributed by atoms with van der Waals surface area (Å²) in [5.41, 5.74) is 8.06. The standard InChI is InChI=1S/C36H44N4O2S2/c1-30(8-4-3-6-18-37-19-24-41)28-32-10-14-34(15-11-32)38-20-26-43-44-27-21-39-35-16-12-33(13-17-35)29-31(2)36-9-5-7-22-40(36)23-25-42/h3-18,22,28-29,41-42H,19-21,23-27H2,1-2H3,(H,37,38)/p+2. The molecule has 0 saturated heterocycles. The first-order valence-electron chi connectivity index (χ1n) is 15.0. The molecule has 1 heterocycles. The zero-order valence-corrected chi connectivity index (χ0v) is 27.4. The molecule has 3 aromatic rings. The van der Waals surface area contributed by atoms with Gasteiger partial charge in [0.05, 0.1) is 0 Å². The average molecular weight is 631 g/mol. The molecular formula is C36H46N4O2S2+2. The highest BCUT2D eigenvalue weighted by Crippen LogP contribution is 2.22. The predicted octanol–water partition coefficient (Wildman–Crippen LogP) is 5.09. The van der Waals surface area contributed by atoms with Gasteiger partial charge in [-0.05, 0) is 61.4 Å². The van der Waals surface area contributed by atoms with Gasteiger partial charge >= 0.3 is 0 Å². The van der Waals surface area contributed by atoms with Gasteiger partial charge in [-0.15, -0.1) is 0 Å². The van der Waals surface area contributed by atoms with Crippen molar-refractivity contribution in [2.45, 2.75) is 20.4 Å². The van der Waals surface area contributed by atoms with Crippen LogP contribution < -0.4 is 20.2 Å². The first-order chi connectivity index (χ1) is 21.6. The Morgan fingerprint density at radius 2 is 1.41 bits per heavy atom. The van der Waals surface area contributed by atoms with Crippen molar-refractivity contribution in [3.8, 4) is 0 Å². The van der Waals surface area contributed by atoms with Gasteiger partial charge in [-0.25, -0.2) is 4.99 Å². The first-order valence-corrected chi connectivity index (χ1v) is 17.5. The molecule has 0 amide bonds. The number of aliphatic hydroxyl groups is 2. The molecule has 8 heteroatoms. The smallest absolute Gasteiger partial charge is 0.208 e. The fraction of sp³-hybridized carbons (Fsp3) is 0.278. The summed E-state index contributed by atoms with van der Waals surface area (Å²) in [6.07, 6.45) is 16.1. The minimum atomic E-state index is 0.126. The molecular weight excluding hydrogens is 585 g/mol. The number of nitrogens with one attached hydrogen (secondary N) is 3. The van der Waals surface area contributed by atoms with E-state index in [1.807, 2.05) is 64.4 Å². The van der Waals surface area contributed by atoms with Crippen LogP contribution in [0.4, 0.5) is 11.4 Å². The summed E-state index contributed by atoms with van der Waals surface area (Å²) in [4.78, 5) is 2.99. The van der Waals surface area contributed by atoms with Crippen molar-refractivity contribution in [1.29, 1.82) is 0 Å². The Morgan fingerprint density at radius 3 is 2.02 bits per heavy atom. The molecule has 0 radical (unpaired) electrons. The molecule has 0 aliphatic heterocycles. The van der Waals surface area contributed by atoms with Crippen LogP contribution in [-0.4, -0.2) is 60.8 Å². The fourth-order valence-electron chi connectivity index (χ4n) is 4.30. The van der Waals surface area contributed by atoms with Crippen LogP contribution in [0.5, 0.6) is 0 Å². The summed E-state index contributed by atoms with van der Waals surface area (Å²) in [5, 5.41) is 25.1. The van der Waals surface area contributed by atoms with Gasteiger partial charge in [0.1, 0.15) is 13.2 Å².